The number of rotatable bonds is 4. The molecule has 1 heterocycles. The minimum absolute atomic E-state index is 0.232. The second-order valence-corrected chi connectivity index (χ2v) is 7.84. The largest absolute Gasteiger partial charge is 0.382 e. The number of aliphatic hydroxyl groups is 1. The van der Waals surface area contributed by atoms with E-state index in [2.05, 4.69) is 0 Å². The van der Waals surface area contributed by atoms with Gasteiger partial charge in [0.1, 0.15) is 6.10 Å². The molecule has 132 valence electrons. The van der Waals surface area contributed by atoms with Crippen LogP contribution < -0.4 is 4.90 Å². The van der Waals surface area contributed by atoms with E-state index in [9.17, 15) is 9.90 Å². The smallest absolute Gasteiger partial charge is 0.257 e. The first kappa shape index (κ1) is 18.0. The van der Waals surface area contributed by atoms with Gasteiger partial charge in [-0.25, -0.2) is 0 Å². The zero-order chi connectivity index (χ0) is 18.0. The number of thioether (sulfide) groups is 1. The van der Waals surface area contributed by atoms with Gasteiger partial charge in [-0.3, -0.25) is 4.79 Å². The summed E-state index contributed by atoms with van der Waals surface area (Å²) in [4.78, 5) is 17.8. The number of nitrogens with zero attached hydrogens (tertiary/aromatic N) is 2. The van der Waals surface area contributed by atoms with Crippen molar-refractivity contribution in [1.29, 1.82) is 0 Å². The quantitative estimate of drug-likeness (QED) is 0.914. The molecule has 25 heavy (non-hydrogen) atoms. The number of hydrogen-bond donors (Lipinski definition) is 1. The highest BCUT2D eigenvalue weighted by Crippen LogP contribution is 2.45. The average molecular weight is 356 g/mol. The number of anilines is 1. The van der Waals surface area contributed by atoms with Crippen LogP contribution in [0.5, 0.6) is 0 Å². The molecule has 0 aliphatic carbocycles. The number of carbonyl (C=O) groups is 1. The molecule has 2 aromatic rings. The fraction of sp³-hybridized carbons (Fsp3) is 0.350. The Hall–Kier alpha value is -1.82. The molecule has 1 aliphatic heterocycles. The van der Waals surface area contributed by atoms with E-state index in [-0.39, 0.29) is 11.2 Å². The number of carbonyl (C=O) groups excluding carboxylic acids is 1. The number of para-hydroxylation sites is 1. The van der Waals surface area contributed by atoms with Crippen LogP contribution in [-0.2, 0) is 4.79 Å². The Balaban J connectivity index is 1.99. The van der Waals surface area contributed by atoms with Crippen molar-refractivity contribution >= 4 is 23.4 Å². The van der Waals surface area contributed by atoms with Crippen LogP contribution in [0.2, 0.25) is 0 Å². The Labute approximate surface area is 153 Å². The van der Waals surface area contributed by atoms with E-state index in [1.807, 2.05) is 74.4 Å². The molecule has 0 fully saturated rings. The molecule has 0 aromatic heterocycles. The number of aliphatic hydroxyl groups excluding tert-OH is 1. The summed E-state index contributed by atoms with van der Waals surface area (Å²) in [7, 11) is 3.96. The first-order valence-corrected chi connectivity index (χ1v) is 9.32. The van der Waals surface area contributed by atoms with Crippen LogP contribution in [0.3, 0.4) is 0 Å². The van der Waals surface area contributed by atoms with Gasteiger partial charge in [-0.15, -0.1) is 11.8 Å². The molecule has 0 spiro atoms. The lowest BCUT2D eigenvalue weighted by Gasteiger charge is -2.26. The third-order valence-corrected chi connectivity index (χ3v) is 5.78. The summed E-state index contributed by atoms with van der Waals surface area (Å²) in [6.07, 6.45) is -1.07. The van der Waals surface area contributed by atoms with Gasteiger partial charge in [0.2, 0.25) is 0 Å². The molecule has 0 unspecified atom stereocenters. The van der Waals surface area contributed by atoms with Gasteiger partial charge >= 0.3 is 0 Å². The molecule has 2 atom stereocenters. The lowest BCUT2D eigenvalue weighted by molar-refractivity contribution is -0.126. The van der Waals surface area contributed by atoms with Gasteiger partial charge in [-0.05, 0) is 38.7 Å². The Kier molecular flexibility index (Phi) is 5.47. The van der Waals surface area contributed by atoms with Gasteiger partial charge in [0.05, 0.1) is 10.9 Å². The van der Waals surface area contributed by atoms with Crippen molar-refractivity contribution < 1.29 is 9.90 Å². The molecular formula is C20H24N2O2S. The number of hydrogen-bond acceptors (Lipinski definition) is 4. The SMILES string of the molecule is Cc1ccc([C@@H]2Sc3ccccc3N(CCN(C)C)C(=O)[C@@H]2O)cc1. The van der Waals surface area contributed by atoms with E-state index in [1.165, 1.54) is 0 Å². The van der Waals surface area contributed by atoms with Crippen molar-refractivity contribution in [3.8, 4) is 0 Å². The predicted molar refractivity (Wildman–Crippen MR) is 103 cm³/mol. The number of amides is 1. The van der Waals surface area contributed by atoms with Crippen molar-refractivity contribution in [3.63, 3.8) is 0 Å². The molecule has 0 bridgehead atoms. The average Bonchev–Trinajstić information content (AvgIpc) is 2.70. The maximum atomic E-state index is 13.0. The van der Waals surface area contributed by atoms with E-state index in [0.717, 1.165) is 28.3 Å². The zero-order valence-corrected chi connectivity index (χ0v) is 15.7. The molecule has 2 aromatic carbocycles. The summed E-state index contributed by atoms with van der Waals surface area (Å²) in [5.41, 5.74) is 3.02. The first-order chi connectivity index (χ1) is 12.0. The summed E-state index contributed by atoms with van der Waals surface area (Å²) in [6.45, 7) is 3.33. The maximum Gasteiger partial charge on any atom is 0.257 e. The Morgan fingerprint density at radius 3 is 2.48 bits per heavy atom. The second kappa shape index (κ2) is 7.60. The number of aryl methyl sites for hydroxylation is 1. The van der Waals surface area contributed by atoms with Gasteiger partial charge in [0.15, 0.2) is 0 Å². The van der Waals surface area contributed by atoms with Crippen molar-refractivity contribution in [1.82, 2.24) is 4.90 Å². The molecule has 4 nitrogen and oxygen atoms in total. The zero-order valence-electron chi connectivity index (χ0n) is 14.8. The normalized spacial score (nSPS) is 20.5. The molecule has 5 heteroatoms. The van der Waals surface area contributed by atoms with Gasteiger partial charge in [0.25, 0.3) is 5.91 Å². The lowest BCUT2D eigenvalue weighted by Crippen LogP contribution is -2.43. The highest BCUT2D eigenvalue weighted by molar-refractivity contribution is 7.99. The number of fused-ring (bicyclic) bond motifs is 1. The van der Waals surface area contributed by atoms with Crippen LogP contribution in [0.4, 0.5) is 5.69 Å². The van der Waals surface area contributed by atoms with Crippen LogP contribution in [0.15, 0.2) is 53.4 Å². The number of benzene rings is 2. The summed E-state index contributed by atoms with van der Waals surface area (Å²) in [6, 6.07) is 15.9. The van der Waals surface area contributed by atoms with Crippen LogP contribution in [0.1, 0.15) is 16.4 Å². The fourth-order valence-electron chi connectivity index (χ4n) is 2.93. The van der Waals surface area contributed by atoms with Crippen molar-refractivity contribution in [2.45, 2.75) is 23.2 Å². The van der Waals surface area contributed by atoms with E-state index in [0.29, 0.717) is 6.54 Å². The summed E-state index contributed by atoms with van der Waals surface area (Å²) < 4.78 is 0. The van der Waals surface area contributed by atoms with Gasteiger partial charge in [-0.2, -0.15) is 0 Å². The number of likely N-dealkylation sites (N-methyl/N-ethyl adjacent to an activating group) is 1. The minimum atomic E-state index is -1.07. The van der Waals surface area contributed by atoms with E-state index >= 15 is 0 Å². The molecule has 0 saturated heterocycles. The summed E-state index contributed by atoms with van der Waals surface area (Å²) in [5.74, 6) is -0.232. The maximum absolute atomic E-state index is 13.0. The third kappa shape index (κ3) is 3.89. The second-order valence-electron chi connectivity index (χ2n) is 6.65. The molecule has 3 rings (SSSR count). The molecule has 1 N–H and O–H groups in total. The Bertz CT molecular complexity index is 746. The predicted octanol–water partition coefficient (Wildman–Crippen LogP) is 3.10. The van der Waals surface area contributed by atoms with E-state index in [4.69, 9.17) is 0 Å². The highest BCUT2D eigenvalue weighted by Gasteiger charge is 2.37. The third-order valence-electron chi connectivity index (χ3n) is 4.39. The van der Waals surface area contributed by atoms with E-state index < -0.39 is 6.10 Å². The topological polar surface area (TPSA) is 43.8 Å². The Morgan fingerprint density at radius 1 is 1.12 bits per heavy atom. The van der Waals surface area contributed by atoms with Crippen LogP contribution in [-0.4, -0.2) is 49.2 Å². The fourth-order valence-corrected chi connectivity index (χ4v) is 4.19. The van der Waals surface area contributed by atoms with Crippen LogP contribution in [0.25, 0.3) is 0 Å². The summed E-state index contributed by atoms with van der Waals surface area (Å²) in [5, 5.41) is 10.5. The van der Waals surface area contributed by atoms with Crippen LogP contribution in [0, 0.1) is 6.92 Å². The standard InChI is InChI=1S/C20H24N2O2S/c1-14-8-10-15(11-9-14)19-18(23)20(24)22(13-12-21(2)3)16-6-4-5-7-17(16)25-19/h4-11,18-19,23H,12-13H2,1-3H3/t18-,19+/m1/s1. The Morgan fingerprint density at radius 2 is 1.80 bits per heavy atom. The van der Waals surface area contributed by atoms with Crippen LogP contribution >= 0.6 is 11.8 Å². The van der Waals surface area contributed by atoms with Crippen molar-refractivity contribution in [2.75, 3.05) is 32.1 Å². The van der Waals surface area contributed by atoms with Gasteiger partial charge in [0, 0.05) is 18.0 Å². The van der Waals surface area contributed by atoms with Crippen molar-refractivity contribution in [3.05, 3.63) is 59.7 Å². The molecule has 1 aliphatic rings. The highest BCUT2D eigenvalue weighted by atomic mass is 32.2. The lowest BCUT2D eigenvalue weighted by atomic mass is 10.0. The molecule has 1 amide bonds. The van der Waals surface area contributed by atoms with Crippen molar-refractivity contribution in [2.24, 2.45) is 0 Å². The van der Waals surface area contributed by atoms with Gasteiger partial charge in [-0.1, -0.05) is 42.0 Å². The van der Waals surface area contributed by atoms with Gasteiger partial charge < -0.3 is 14.9 Å². The summed E-state index contributed by atoms with van der Waals surface area (Å²) >= 11 is 1.56. The molecule has 0 radical (unpaired) electrons. The van der Waals surface area contributed by atoms with E-state index in [1.54, 1.807) is 16.7 Å². The minimum Gasteiger partial charge on any atom is -0.382 e. The molecular weight excluding hydrogens is 332 g/mol. The first-order valence-electron chi connectivity index (χ1n) is 8.44. The monoisotopic (exact) mass is 356 g/mol. The molecule has 0 saturated carbocycles.